The second-order valence-electron chi connectivity index (χ2n) is 6.14. The van der Waals surface area contributed by atoms with E-state index in [2.05, 4.69) is 23.7 Å². The minimum absolute atomic E-state index is 0.00647. The topological polar surface area (TPSA) is 84.2 Å². The number of nitrogens with one attached hydrogen (secondary N) is 1. The van der Waals surface area contributed by atoms with Crippen LogP contribution in [0.2, 0.25) is 0 Å². The zero-order chi connectivity index (χ0) is 15.5. The van der Waals surface area contributed by atoms with Crippen LogP contribution >= 0.6 is 0 Å². The van der Waals surface area contributed by atoms with Crippen LogP contribution in [0.5, 0.6) is 0 Å². The van der Waals surface area contributed by atoms with Crippen LogP contribution in [0.15, 0.2) is 17.3 Å². The highest BCUT2D eigenvalue weighted by molar-refractivity contribution is 7.89. The van der Waals surface area contributed by atoms with Crippen molar-refractivity contribution < 1.29 is 13.5 Å². The molecule has 1 saturated carbocycles. The quantitative estimate of drug-likeness (QED) is 0.830. The van der Waals surface area contributed by atoms with Crippen molar-refractivity contribution in [3.05, 3.63) is 12.4 Å². The number of hydrogen-bond acceptors (Lipinski definition) is 4. The van der Waals surface area contributed by atoms with Crippen LogP contribution in [0.4, 0.5) is 0 Å². The SMILES string of the molecule is CC1CCC(NS(=O)(=O)c2cnn(CCCO)c2)C(C)C1. The molecular formula is C14H25N3O3S. The van der Waals surface area contributed by atoms with E-state index in [1.54, 1.807) is 4.68 Å². The van der Waals surface area contributed by atoms with Crippen LogP contribution < -0.4 is 4.72 Å². The normalized spacial score (nSPS) is 26.9. The molecule has 1 aromatic rings. The molecule has 2 rings (SSSR count). The van der Waals surface area contributed by atoms with Crippen LogP contribution in [-0.2, 0) is 16.6 Å². The Morgan fingerprint density at radius 1 is 1.43 bits per heavy atom. The Hall–Kier alpha value is -0.920. The summed E-state index contributed by atoms with van der Waals surface area (Å²) in [4.78, 5) is 0.200. The Balaban J connectivity index is 2.02. The van der Waals surface area contributed by atoms with E-state index in [-0.39, 0.29) is 17.5 Å². The van der Waals surface area contributed by atoms with E-state index in [0.29, 0.717) is 24.8 Å². The molecule has 7 heteroatoms. The van der Waals surface area contributed by atoms with Gasteiger partial charge in [-0.15, -0.1) is 0 Å². The van der Waals surface area contributed by atoms with Crippen molar-refractivity contribution in [1.29, 1.82) is 0 Å². The molecule has 0 bridgehead atoms. The summed E-state index contributed by atoms with van der Waals surface area (Å²) in [6.45, 7) is 4.90. The summed E-state index contributed by atoms with van der Waals surface area (Å²) >= 11 is 0. The molecule has 1 fully saturated rings. The fourth-order valence-corrected chi connectivity index (χ4v) is 4.28. The summed E-state index contributed by atoms with van der Waals surface area (Å²) < 4.78 is 29.2. The summed E-state index contributed by atoms with van der Waals surface area (Å²) in [5.74, 6) is 1.02. The third kappa shape index (κ3) is 4.28. The van der Waals surface area contributed by atoms with Gasteiger partial charge in [0.1, 0.15) is 4.90 Å². The van der Waals surface area contributed by atoms with E-state index in [0.717, 1.165) is 19.3 Å². The summed E-state index contributed by atoms with van der Waals surface area (Å²) in [5.41, 5.74) is 0. The van der Waals surface area contributed by atoms with Crippen molar-refractivity contribution in [2.75, 3.05) is 6.61 Å². The van der Waals surface area contributed by atoms with E-state index in [1.165, 1.54) is 12.4 Å². The number of aromatic nitrogens is 2. The van der Waals surface area contributed by atoms with E-state index < -0.39 is 10.0 Å². The van der Waals surface area contributed by atoms with Gasteiger partial charge in [0.25, 0.3) is 0 Å². The Kier molecular flexibility index (Phi) is 5.40. The van der Waals surface area contributed by atoms with Gasteiger partial charge >= 0.3 is 0 Å². The third-order valence-corrected chi connectivity index (χ3v) is 5.65. The zero-order valence-electron chi connectivity index (χ0n) is 12.7. The van der Waals surface area contributed by atoms with Crippen molar-refractivity contribution >= 4 is 10.0 Å². The molecule has 21 heavy (non-hydrogen) atoms. The first-order chi connectivity index (χ1) is 9.92. The molecule has 0 saturated heterocycles. The van der Waals surface area contributed by atoms with Crippen LogP contribution in [0.1, 0.15) is 39.5 Å². The van der Waals surface area contributed by atoms with Crippen LogP contribution in [0.3, 0.4) is 0 Å². The van der Waals surface area contributed by atoms with Crippen molar-refractivity contribution in [2.24, 2.45) is 11.8 Å². The first-order valence-corrected chi connectivity index (χ1v) is 9.06. The van der Waals surface area contributed by atoms with E-state index in [9.17, 15) is 8.42 Å². The van der Waals surface area contributed by atoms with Gasteiger partial charge < -0.3 is 5.11 Å². The number of nitrogens with zero attached hydrogens (tertiary/aromatic N) is 2. The number of aryl methyl sites for hydroxylation is 1. The molecule has 1 aromatic heterocycles. The largest absolute Gasteiger partial charge is 0.396 e. The molecule has 0 aliphatic heterocycles. The maximum Gasteiger partial charge on any atom is 0.243 e. The fraction of sp³-hybridized carbons (Fsp3) is 0.786. The molecule has 0 spiro atoms. The molecule has 3 atom stereocenters. The predicted octanol–water partition coefficient (Wildman–Crippen LogP) is 1.37. The van der Waals surface area contributed by atoms with Gasteiger partial charge in [-0.1, -0.05) is 13.8 Å². The summed E-state index contributed by atoms with van der Waals surface area (Å²) in [6, 6.07) is 0.00647. The monoisotopic (exact) mass is 315 g/mol. The van der Waals surface area contributed by atoms with Crippen molar-refractivity contribution in [3.8, 4) is 0 Å². The van der Waals surface area contributed by atoms with Gasteiger partial charge in [-0.3, -0.25) is 4.68 Å². The van der Waals surface area contributed by atoms with Crippen molar-refractivity contribution in [3.63, 3.8) is 0 Å². The van der Waals surface area contributed by atoms with E-state index >= 15 is 0 Å². The molecule has 1 aliphatic carbocycles. The number of hydrogen-bond donors (Lipinski definition) is 2. The smallest absolute Gasteiger partial charge is 0.243 e. The average Bonchev–Trinajstić information content (AvgIpc) is 2.89. The second kappa shape index (κ2) is 6.89. The predicted molar refractivity (Wildman–Crippen MR) is 80.2 cm³/mol. The third-order valence-electron chi connectivity index (χ3n) is 4.20. The lowest BCUT2D eigenvalue weighted by Gasteiger charge is -2.32. The average molecular weight is 315 g/mol. The lowest BCUT2D eigenvalue weighted by Crippen LogP contribution is -2.42. The Morgan fingerprint density at radius 3 is 2.86 bits per heavy atom. The van der Waals surface area contributed by atoms with Crippen LogP contribution in [0.25, 0.3) is 0 Å². The first kappa shape index (κ1) is 16.5. The van der Waals surface area contributed by atoms with Crippen molar-refractivity contribution in [2.45, 2.75) is 57.0 Å². The maximum absolute atomic E-state index is 12.4. The molecule has 1 heterocycles. The number of rotatable bonds is 6. The number of aliphatic hydroxyl groups is 1. The highest BCUT2D eigenvalue weighted by Crippen LogP contribution is 2.29. The lowest BCUT2D eigenvalue weighted by molar-refractivity contribution is 0.249. The van der Waals surface area contributed by atoms with E-state index in [4.69, 9.17) is 5.11 Å². The maximum atomic E-state index is 12.4. The molecule has 120 valence electrons. The molecule has 0 amide bonds. The van der Waals surface area contributed by atoms with Gasteiger partial charge in [-0.05, 0) is 37.5 Å². The number of aliphatic hydroxyl groups excluding tert-OH is 1. The van der Waals surface area contributed by atoms with Gasteiger partial charge in [0.05, 0.1) is 6.20 Å². The number of sulfonamides is 1. The first-order valence-electron chi connectivity index (χ1n) is 7.58. The standard InChI is InChI=1S/C14H25N3O3S/c1-11-4-5-14(12(2)8-11)16-21(19,20)13-9-15-17(10-13)6-3-7-18/h9-12,14,16,18H,3-8H2,1-2H3. The highest BCUT2D eigenvalue weighted by Gasteiger charge is 2.29. The van der Waals surface area contributed by atoms with Gasteiger partial charge in [0.2, 0.25) is 10.0 Å². The van der Waals surface area contributed by atoms with Gasteiger partial charge in [0, 0.05) is 25.4 Å². The van der Waals surface area contributed by atoms with Gasteiger partial charge in [0.15, 0.2) is 0 Å². The minimum Gasteiger partial charge on any atom is -0.396 e. The molecule has 0 radical (unpaired) electrons. The van der Waals surface area contributed by atoms with Crippen LogP contribution in [-0.4, -0.2) is 36.0 Å². The summed E-state index contributed by atoms with van der Waals surface area (Å²) in [5, 5.41) is 12.8. The summed E-state index contributed by atoms with van der Waals surface area (Å²) in [6.07, 6.45) is 6.46. The molecular weight excluding hydrogens is 290 g/mol. The van der Waals surface area contributed by atoms with Gasteiger partial charge in [-0.25, -0.2) is 13.1 Å². The Labute approximate surface area is 126 Å². The van der Waals surface area contributed by atoms with Gasteiger partial charge in [-0.2, -0.15) is 5.10 Å². The summed E-state index contributed by atoms with van der Waals surface area (Å²) in [7, 11) is -3.51. The highest BCUT2D eigenvalue weighted by atomic mass is 32.2. The zero-order valence-corrected chi connectivity index (χ0v) is 13.5. The lowest BCUT2D eigenvalue weighted by atomic mass is 9.80. The Bertz CT molecular complexity index is 556. The second-order valence-corrected chi connectivity index (χ2v) is 7.85. The van der Waals surface area contributed by atoms with E-state index in [1.807, 2.05) is 0 Å². The molecule has 3 unspecified atom stereocenters. The van der Waals surface area contributed by atoms with Crippen LogP contribution in [0, 0.1) is 11.8 Å². The fourth-order valence-electron chi connectivity index (χ4n) is 2.95. The molecule has 6 nitrogen and oxygen atoms in total. The molecule has 1 aliphatic rings. The molecule has 2 N–H and O–H groups in total. The minimum atomic E-state index is -3.51. The van der Waals surface area contributed by atoms with Crippen molar-refractivity contribution in [1.82, 2.24) is 14.5 Å². The molecule has 0 aromatic carbocycles. The Morgan fingerprint density at radius 2 is 2.19 bits per heavy atom.